The molecular formula is C17H17N3O. The van der Waals surface area contributed by atoms with Crippen molar-refractivity contribution in [3.63, 3.8) is 0 Å². The molecule has 1 fully saturated rings. The van der Waals surface area contributed by atoms with Gasteiger partial charge in [0.05, 0.1) is 0 Å². The number of aryl methyl sites for hydroxylation is 1. The molecule has 1 aliphatic carbocycles. The van der Waals surface area contributed by atoms with Gasteiger partial charge < -0.3 is 9.73 Å². The fraction of sp³-hybridized carbons (Fsp3) is 0.294. The Balaban J connectivity index is 1.84. The Bertz CT molecular complexity index is 818. The van der Waals surface area contributed by atoms with E-state index in [1.165, 1.54) is 18.4 Å². The lowest BCUT2D eigenvalue weighted by atomic mass is 10.2. The van der Waals surface area contributed by atoms with E-state index in [-0.39, 0.29) is 0 Å². The molecule has 0 unspecified atom stereocenters. The number of benzene rings is 1. The van der Waals surface area contributed by atoms with E-state index in [2.05, 4.69) is 40.4 Å². The first-order valence-corrected chi connectivity index (χ1v) is 7.30. The van der Waals surface area contributed by atoms with Crippen LogP contribution in [-0.4, -0.2) is 17.0 Å². The molecule has 0 bridgehead atoms. The van der Waals surface area contributed by atoms with Crippen molar-refractivity contribution in [1.29, 1.82) is 0 Å². The number of nitrogens with one attached hydrogen (secondary N) is 1. The predicted molar refractivity (Wildman–Crippen MR) is 83.5 cm³/mol. The molecule has 0 spiro atoms. The summed E-state index contributed by atoms with van der Waals surface area (Å²) in [5, 5.41) is 4.22. The summed E-state index contributed by atoms with van der Waals surface area (Å²) in [6.07, 6.45) is 2.37. The lowest BCUT2D eigenvalue weighted by molar-refractivity contribution is 0.627. The van der Waals surface area contributed by atoms with Crippen molar-refractivity contribution in [3.8, 4) is 11.5 Å². The van der Waals surface area contributed by atoms with Gasteiger partial charge in [-0.3, -0.25) is 0 Å². The normalized spacial score (nSPS) is 14.6. The van der Waals surface area contributed by atoms with Gasteiger partial charge in [0.2, 0.25) is 0 Å². The topological polar surface area (TPSA) is 51.0 Å². The number of aromatic nitrogens is 2. The van der Waals surface area contributed by atoms with Gasteiger partial charge in [0.15, 0.2) is 5.76 Å². The summed E-state index contributed by atoms with van der Waals surface area (Å²) >= 11 is 0. The summed E-state index contributed by atoms with van der Waals surface area (Å²) in [5.74, 6) is 3.09. The third kappa shape index (κ3) is 2.27. The Labute approximate surface area is 123 Å². The Morgan fingerprint density at radius 1 is 1.14 bits per heavy atom. The minimum absolute atomic E-state index is 0.517. The van der Waals surface area contributed by atoms with E-state index in [4.69, 9.17) is 4.42 Å². The van der Waals surface area contributed by atoms with Crippen molar-refractivity contribution < 1.29 is 4.42 Å². The molecule has 0 atom stereocenters. The van der Waals surface area contributed by atoms with Gasteiger partial charge >= 0.3 is 0 Å². The van der Waals surface area contributed by atoms with Gasteiger partial charge in [-0.15, -0.1) is 0 Å². The third-order valence-electron chi connectivity index (χ3n) is 3.87. The number of rotatable bonds is 3. The molecule has 4 rings (SSSR count). The summed E-state index contributed by atoms with van der Waals surface area (Å²) in [6, 6.07) is 10.2. The van der Waals surface area contributed by atoms with Gasteiger partial charge in [-0.1, -0.05) is 11.6 Å². The van der Waals surface area contributed by atoms with Crippen molar-refractivity contribution in [2.45, 2.75) is 25.7 Å². The van der Waals surface area contributed by atoms with Crippen molar-refractivity contribution in [2.75, 3.05) is 12.4 Å². The number of hydrogen-bond donors (Lipinski definition) is 1. The zero-order chi connectivity index (χ0) is 14.4. The first-order chi connectivity index (χ1) is 10.2. The number of hydrogen-bond acceptors (Lipinski definition) is 4. The van der Waals surface area contributed by atoms with Crippen molar-refractivity contribution in [3.05, 3.63) is 41.7 Å². The van der Waals surface area contributed by atoms with Crippen LogP contribution in [-0.2, 0) is 0 Å². The first kappa shape index (κ1) is 12.4. The molecule has 1 aromatic carbocycles. The summed E-state index contributed by atoms with van der Waals surface area (Å²) in [6.45, 7) is 2.08. The average molecular weight is 279 g/mol. The first-order valence-electron chi connectivity index (χ1n) is 7.30. The van der Waals surface area contributed by atoms with Gasteiger partial charge in [-0.05, 0) is 38.0 Å². The molecule has 1 saturated carbocycles. The van der Waals surface area contributed by atoms with Gasteiger partial charge in [-0.25, -0.2) is 9.97 Å². The molecule has 1 aliphatic rings. The highest BCUT2D eigenvalue weighted by Crippen LogP contribution is 2.39. The minimum atomic E-state index is 0.517. The molecule has 106 valence electrons. The van der Waals surface area contributed by atoms with Crippen LogP contribution in [0.5, 0.6) is 0 Å². The van der Waals surface area contributed by atoms with E-state index in [9.17, 15) is 0 Å². The molecule has 0 amide bonds. The van der Waals surface area contributed by atoms with E-state index < -0.39 is 0 Å². The highest BCUT2D eigenvalue weighted by atomic mass is 16.3. The highest BCUT2D eigenvalue weighted by Gasteiger charge is 2.27. The van der Waals surface area contributed by atoms with Crippen LogP contribution in [0.15, 0.2) is 34.7 Å². The largest absolute Gasteiger partial charge is 0.454 e. The van der Waals surface area contributed by atoms with Crippen LogP contribution in [0.4, 0.5) is 5.82 Å². The van der Waals surface area contributed by atoms with Crippen molar-refractivity contribution in [2.24, 2.45) is 0 Å². The lowest BCUT2D eigenvalue weighted by Gasteiger charge is -2.05. The van der Waals surface area contributed by atoms with Crippen molar-refractivity contribution >= 4 is 16.8 Å². The van der Waals surface area contributed by atoms with Gasteiger partial charge in [-0.2, -0.15) is 0 Å². The molecule has 0 saturated heterocycles. The van der Waals surface area contributed by atoms with E-state index in [0.717, 1.165) is 34.1 Å². The maximum atomic E-state index is 5.95. The smallest absolute Gasteiger partial charge is 0.154 e. The summed E-state index contributed by atoms with van der Waals surface area (Å²) in [4.78, 5) is 9.23. The van der Waals surface area contributed by atoms with E-state index in [0.29, 0.717) is 5.92 Å². The fourth-order valence-electron chi connectivity index (χ4n) is 2.53. The van der Waals surface area contributed by atoms with E-state index in [1.54, 1.807) is 0 Å². The molecule has 0 aliphatic heterocycles. The molecule has 4 nitrogen and oxygen atoms in total. The summed E-state index contributed by atoms with van der Waals surface area (Å²) < 4.78 is 5.95. The second-order valence-corrected chi connectivity index (χ2v) is 5.67. The zero-order valence-corrected chi connectivity index (χ0v) is 12.2. The molecule has 2 heterocycles. The van der Waals surface area contributed by atoms with Crippen LogP contribution in [0, 0.1) is 6.92 Å². The Morgan fingerprint density at radius 2 is 2.00 bits per heavy atom. The average Bonchev–Trinajstić information content (AvgIpc) is 3.26. The van der Waals surface area contributed by atoms with Gasteiger partial charge in [0.1, 0.15) is 22.9 Å². The number of anilines is 1. The highest BCUT2D eigenvalue weighted by molar-refractivity contribution is 5.83. The summed E-state index contributed by atoms with van der Waals surface area (Å²) in [5.41, 5.74) is 2.98. The Kier molecular flexibility index (Phi) is 2.70. The maximum Gasteiger partial charge on any atom is 0.154 e. The molecule has 4 heteroatoms. The predicted octanol–water partition coefficient (Wildman–Crippen LogP) is 4.12. The van der Waals surface area contributed by atoms with Crippen LogP contribution in [0.1, 0.15) is 30.1 Å². The maximum absolute atomic E-state index is 5.95. The molecule has 0 radical (unpaired) electrons. The van der Waals surface area contributed by atoms with Gasteiger partial charge in [0, 0.05) is 24.4 Å². The molecular weight excluding hydrogens is 262 g/mol. The van der Waals surface area contributed by atoms with Crippen LogP contribution >= 0.6 is 0 Å². The number of nitrogens with zero attached hydrogens (tertiary/aromatic N) is 2. The van der Waals surface area contributed by atoms with E-state index >= 15 is 0 Å². The zero-order valence-electron chi connectivity index (χ0n) is 12.2. The minimum Gasteiger partial charge on any atom is -0.454 e. The monoisotopic (exact) mass is 279 g/mol. The van der Waals surface area contributed by atoms with Crippen LogP contribution in [0.25, 0.3) is 22.4 Å². The van der Waals surface area contributed by atoms with E-state index in [1.807, 2.05) is 19.2 Å². The van der Waals surface area contributed by atoms with Crippen LogP contribution in [0.3, 0.4) is 0 Å². The number of furan rings is 1. The van der Waals surface area contributed by atoms with Crippen molar-refractivity contribution in [1.82, 2.24) is 9.97 Å². The quantitative estimate of drug-likeness (QED) is 0.783. The fourth-order valence-corrected chi connectivity index (χ4v) is 2.53. The SMILES string of the molecule is CNc1cc(-c2cc3cc(C)ccc3o2)nc(C2CC2)n1. The molecule has 21 heavy (non-hydrogen) atoms. The standard InChI is InChI=1S/C17H17N3O/c1-10-3-6-14-12(7-10)8-15(21-14)13-9-16(18-2)20-17(19-13)11-4-5-11/h3,6-9,11H,4-5H2,1-2H3,(H,18,19,20). The number of fused-ring (bicyclic) bond motifs is 1. The molecule has 3 aromatic rings. The Hall–Kier alpha value is -2.36. The second kappa shape index (κ2) is 4.58. The van der Waals surface area contributed by atoms with Crippen LogP contribution in [0.2, 0.25) is 0 Å². The van der Waals surface area contributed by atoms with Gasteiger partial charge in [0.25, 0.3) is 0 Å². The Morgan fingerprint density at radius 3 is 2.76 bits per heavy atom. The second-order valence-electron chi connectivity index (χ2n) is 5.67. The van der Waals surface area contributed by atoms with Crippen LogP contribution < -0.4 is 5.32 Å². The lowest BCUT2D eigenvalue weighted by Crippen LogP contribution is -2.00. The molecule has 2 aromatic heterocycles. The third-order valence-corrected chi connectivity index (χ3v) is 3.87. The summed E-state index contributed by atoms with van der Waals surface area (Å²) in [7, 11) is 1.88. The molecule has 1 N–H and O–H groups in total.